The first-order chi connectivity index (χ1) is 16.1. The molecule has 4 rings (SSSR count). The number of hydrogen-bond donors (Lipinski definition) is 4. The minimum absolute atomic E-state index is 0.195. The predicted octanol–water partition coefficient (Wildman–Crippen LogP) is 3.50. The number of benzene rings is 2. The second-order valence-corrected chi connectivity index (χ2v) is 8.87. The lowest BCUT2D eigenvalue weighted by atomic mass is 10.0. The van der Waals surface area contributed by atoms with Gasteiger partial charge in [-0.05, 0) is 61.6 Å². The van der Waals surface area contributed by atoms with Gasteiger partial charge in [0.2, 0.25) is 0 Å². The number of nitrogens with zero attached hydrogens (tertiary/aromatic N) is 2. The minimum Gasteiger partial charge on any atom is -0.370 e. The van der Waals surface area contributed by atoms with Gasteiger partial charge in [-0.15, -0.1) is 0 Å². The van der Waals surface area contributed by atoms with E-state index in [-0.39, 0.29) is 6.17 Å². The summed E-state index contributed by atoms with van der Waals surface area (Å²) in [7, 11) is 0. The first-order valence-electron chi connectivity index (χ1n) is 11.5. The molecular formula is C25H33ClN6O. The lowest BCUT2D eigenvalue weighted by Crippen LogP contribution is -2.40. The molecular weight excluding hydrogens is 436 g/mol. The summed E-state index contributed by atoms with van der Waals surface area (Å²) in [5.74, 6) is 0.393. The molecule has 1 fully saturated rings. The summed E-state index contributed by atoms with van der Waals surface area (Å²) in [6, 6.07) is 14.3. The number of aliphatic imine (C=N–C) groups is 1. The maximum absolute atomic E-state index is 6.29. The fourth-order valence-electron chi connectivity index (χ4n) is 4.14. The number of likely N-dealkylation sites (tertiary alicyclic amines) is 1. The van der Waals surface area contributed by atoms with Gasteiger partial charge in [-0.1, -0.05) is 35.9 Å². The number of anilines is 1. The molecule has 1 unspecified atom stereocenters. The summed E-state index contributed by atoms with van der Waals surface area (Å²) in [5, 5.41) is 10.7. The van der Waals surface area contributed by atoms with E-state index in [1.807, 2.05) is 31.2 Å². The zero-order chi connectivity index (χ0) is 23.0. The molecule has 0 spiro atoms. The topological polar surface area (TPSA) is 86.9 Å². The maximum Gasteiger partial charge on any atom is 0.195 e. The average Bonchev–Trinajstić information content (AvgIpc) is 3.32. The van der Waals surface area contributed by atoms with E-state index in [4.69, 9.17) is 22.1 Å². The third-order valence-corrected chi connectivity index (χ3v) is 6.38. The van der Waals surface area contributed by atoms with Crippen LogP contribution in [0.4, 0.5) is 5.69 Å². The summed E-state index contributed by atoms with van der Waals surface area (Å²) >= 11 is 6.29. The molecule has 7 nitrogen and oxygen atoms in total. The van der Waals surface area contributed by atoms with Crippen molar-refractivity contribution in [2.45, 2.75) is 32.4 Å². The van der Waals surface area contributed by atoms with Gasteiger partial charge in [0.25, 0.3) is 0 Å². The third kappa shape index (κ3) is 6.71. The van der Waals surface area contributed by atoms with Crippen LogP contribution < -0.4 is 21.7 Å². The first-order valence-corrected chi connectivity index (χ1v) is 11.9. The van der Waals surface area contributed by atoms with E-state index in [0.717, 1.165) is 53.6 Å². The number of rotatable bonds is 10. The van der Waals surface area contributed by atoms with Crippen LogP contribution in [0, 0.1) is 6.92 Å². The molecule has 0 radical (unpaired) electrons. The van der Waals surface area contributed by atoms with Crippen LogP contribution in [0.15, 0.2) is 53.5 Å². The van der Waals surface area contributed by atoms with E-state index in [1.165, 1.54) is 18.4 Å². The Labute approximate surface area is 201 Å². The normalized spacial score (nSPS) is 18.5. The van der Waals surface area contributed by atoms with Crippen LogP contribution in [-0.4, -0.2) is 50.1 Å². The first kappa shape index (κ1) is 23.6. The van der Waals surface area contributed by atoms with Crippen LogP contribution in [-0.2, 0) is 11.2 Å². The highest BCUT2D eigenvalue weighted by Gasteiger charge is 2.16. The van der Waals surface area contributed by atoms with Crippen molar-refractivity contribution in [3.8, 4) is 0 Å². The standard InChI is InChI=1S/C25H33ClN6O/c1-18-21(8-5-9-22(18)26)23-15-24(31-25(27)30-23)28-11-10-19-6-4-7-20(14-19)29-16-33-17-32-12-2-3-13-32/h4-9,14-15,24,28-29H,2-3,10-13,16-17H2,1H3,(H3,27,30,31). The second-order valence-electron chi connectivity index (χ2n) is 8.46. The molecule has 2 aromatic rings. The Hall–Kier alpha value is -2.58. The Bertz CT molecular complexity index is 1000. The molecule has 1 atom stereocenters. The molecule has 0 saturated carbocycles. The van der Waals surface area contributed by atoms with E-state index < -0.39 is 0 Å². The predicted molar refractivity (Wildman–Crippen MR) is 136 cm³/mol. The quantitative estimate of drug-likeness (QED) is 0.315. The van der Waals surface area contributed by atoms with Crippen molar-refractivity contribution in [2.75, 3.05) is 38.4 Å². The number of guanidine groups is 1. The monoisotopic (exact) mass is 468 g/mol. The molecule has 5 N–H and O–H groups in total. The van der Waals surface area contributed by atoms with E-state index in [9.17, 15) is 0 Å². The van der Waals surface area contributed by atoms with E-state index in [1.54, 1.807) is 0 Å². The van der Waals surface area contributed by atoms with Crippen molar-refractivity contribution in [2.24, 2.45) is 10.7 Å². The SMILES string of the molecule is Cc1c(Cl)cccc1C1=CC(NCCc2cccc(NCOCN3CCCC3)c2)N=C(N)N1. The lowest BCUT2D eigenvalue weighted by molar-refractivity contribution is 0.0526. The Balaban J connectivity index is 1.26. The molecule has 0 aliphatic carbocycles. The van der Waals surface area contributed by atoms with E-state index in [0.29, 0.717) is 19.4 Å². The molecule has 1 saturated heterocycles. The zero-order valence-corrected chi connectivity index (χ0v) is 19.9. The van der Waals surface area contributed by atoms with Gasteiger partial charge >= 0.3 is 0 Å². The molecule has 8 heteroatoms. The van der Waals surface area contributed by atoms with Gasteiger partial charge in [-0.25, -0.2) is 4.99 Å². The molecule has 0 bridgehead atoms. The number of nitrogens with two attached hydrogens (primary N) is 1. The maximum atomic E-state index is 6.29. The van der Waals surface area contributed by atoms with Crippen molar-refractivity contribution in [1.29, 1.82) is 0 Å². The average molecular weight is 469 g/mol. The Kier molecular flexibility index (Phi) is 8.23. The van der Waals surface area contributed by atoms with E-state index in [2.05, 4.69) is 50.1 Å². The van der Waals surface area contributed by atoms with Crippen LogP contribution in [0.5, 0.6) is 0 Å². The molecule has 176 valence electrons. The summed E-state index contributed by atoms with van der Waals surface area (Å²) in [6.07, 6.45) is 5.28. The minimum atomic E-state index is -0.195. The molecule has 0 aromatic heterocycles. The van der Waals surface area contributed by atoms with Crippen LogP contribution in [0.25, 0.3) is 5.70 Å². The number of ether oxygens (including phenoxy) is 1. The fourth-order valence-corrected chi connectivity index (χ4v) is 4.31. The highest BCUT2D eigenvalue weighted by molar-refractivity contribution is 6.31. The largest absolute Gasteiger partial charge is 0.370 e. The number of halogens is 1. The van der Waals surface area contributed by atoms with Gasteiger partial charge in [0.15, 0.2) is 5.96 Å². The lowest BCUT2D eigenvalue weighted by Gasteiger charge is -2.22. The second kappa shape index (κ2) is 11.5. The van der Waals surface area contributed by atoms with Crippen LogP contribution >= 0.6 is 11.6 Å². The highest BCUT2D eigenvalue weighted by Crippen LogP contribution is 2.25. The molecule has 2 aromatic carbocycles. The summed E-state index contributed by atoms with van der Waals surface area (Å²) < 4.78 is 5.75. The molecule has 33 heavy (non-hydrogen) atoms. The van der Waals surface area contributed by atoms with Crippen molar-refractivity contribution in [1.82, 2.24) is 15.5 Å². The van der Waals surface area contributed by atoms with Gasteiger partial charge in [0.1, 0.15) is 19.6 Å². The van der Waals surface area contributed by atoms with Gasteiger partial charge in [-0.2, -0.15) is 0 Å². The summed E-state index contributed by atoms with van der Waals surface area (Å²) in [6.45, 7) is 6.27. The number of nitrogens with one attached hydrogen (secondary N) is 3. The van der Waals surface area contributed by atoms with Crippen LogP contribution in [0.2, 0.25) is 5.02 Å². The Morgan fingerprint density at radius 2 is 2.03 bits per heavy atom. The Morgan fingerprint density at radius 1 is 1.21 bits per heavy atom. The van der Waals surface area contributed by atoms with Gasteiger partial charge in [0.05, 0.1) is 0 Å². The van der Waals surface area contributed by atoms with Crippen molar-refractivity contribution in [3.63, 3.8) is 0 Å². The number of hydrogen-bond acceptors (Lipinski definition) is 7. The smallest absolute Gasteiger partial charge is 0.195 e. The zero-order valence-electron chi connectivity index (χ0n) is 19.1. The van der Waals surface area contributed by atoms with Crippen molar-refractivity contribution in [3.05, 3.63) is 70.3 Å². The van der Waals surface area contributed by atoms with Gasteiger partial charge in [0, 0.05) is 41.6 Å². The highest BCUT2D eigenvalue weighted by atomic mass is 35.5. The summed E-state index contributed by atoms with van der Waals surface area (Å²) in [5.41, 5.74) is 11.3. The molecule has 2 aliphatic rings. The van der Waals surface area contributed by atoms with Crippen LogP contribution in [0.1, 0.15) is 29.5 Å². The summed E-state index contributed by atoms with van der Waals surface area (Å²) in [4.78, 5) is 6.81. The van der Waals surface area contributed by atoms with Gasteiger partial charge < -0.3 is 21.1 Å². The Morgan fingerprint density at radius 3 is 2.88 bits per heavy atom. The molecule has 2 aliphatic heterocycles. The van der Waals surface area contributed by atoms with Crippen LogP contribution in [0.3, 0.4) is 0 Å². The molecule has 2 heterocycles. The third-order valence-electron chi connectivity index (χ3n) is 5.97. The molecule has 0 amide bonds. The fraction of sp³-hybridized carbons (Fsp3) is 0.400. The van der Waals surface area contributed by atoms with Gasteiger partial charge in [-0.3, -0.25) is 10.2 Å². The van der Waals surface area contributed by atoms with Crippen molar-refractivity contribution < 1.29 is 4.74 Å². The van der Waals surface area contributed by atoms with Crippen molar-refractivity contribution >= 4 is 28.9 Å². The van der Waals surface area contributed by atoms with E-state index >= 15 is 0 Å².